The van der Waals surface area contributed by atoms with E-state index in [1.807, 2.05) is 49.4 Å². The van der Waals surface area contributed by atoms with Crippen molar-refractivity contribution in [1.29, 1.82) is 0 Å². The fourth-order valence-electron chi connectivity index (χ4n) is 5.63. The van der Waals surface area contributed by atoms with Gasteiger partial charge in [0.05, 0.1) is 32.2 Å². The van der Waals surface area contributed by atoms with Gasteiger partial charge in [0.15, 0.2) is 5.75 Å². The second kappa shape index (κ2) is 17.0. The van der Waals surface area contributed by atoms with Crippen molar-refractivity contribution in [1.82, 2.24) is 0 Å². The number of hydrogen-bond acceptors (Lipinski definition) is 11. The van der Waals surface area contributed by atoms with Gasteiger partial charge in [-0.2, -0.15) is 5.11 Å². The Bertz CT molecular complexity index is 2600. The summed E-state index contributed by atoms with van der Waals surface area (Å²) >= 11 is 0. The fourth-order valence-corrected chi connectivity index (χ4v) is 6.93. The maximum absolute atomic E-state index is 13.6. The minimum absolute atomic E-state index is 0. The molecule has 6 rings (SSSR count). The van der Waals surface area contributed by atoms with Gasteiger partial charge in [0, 0.05) is 28.4 Å². The third-order valence-corrected chi connectivity index (χ3v) is 9.74. The fraction of sp³-hybridized carbons (Fsp3) is 0.0556. The molecular weight excluding hydrogens is 743 g/mol. The van der Waals surface area contributed by atoms with E-state index in [2.05, 4.69) is 15.5 Å². The average Bonchev–Trinajstić information content (AvgIpc) is 3.11. The molecular formula is C36H26N4Na2O9S2. The van der Waals surface area contributed by atoms with Crippen molar-refractivity contribution in [3.05, 3.63) is 126 Å². The zero-order chi connectivity index (χ0) is 36.5. The SMILES string of the molecule is CCN(C(=O)c1ccc(N=Nc2c(S(=O)(=O)[O-])cc3c(S(=O)(=O)[O-])ccc(NC(=O)c4ccccc4)c3c2O)cc1)c1cccc2ccccc12.[Na+].[Na+]. The van der Waals surface area contributed by atoms with Crippen molar-refractivity contribution in [2.75, 3.05) is 16.8 Å². The predicted octanol–water partition coefficient (Wildman–Crippen LogP) is 0.849. The van der Waals surface area contributed by atoms with Gasteiger partial charge < -0.3 is 24.4 Å². The summed E-state index contributed by atoms with van der Waals surface area (Å²) in [7, 11) is -10.7. The van der Waals surface area contributed by atoms with E-state index < -0.39 is 58.1 Å². The van der Waals surface area contributed by atoms with Gasteiger partial charge in [0.1, 0.15) is 25.9 Å². The number of nitrogens with zero attached hydrogens (tertiary/aromatic N) is 3. The molecule has 0 saturated carbocycles. The first kappa shape index (κ1) is 41.8. The van der Waals surface area contributed by atoms with Gasteiger partial charge in [-0.15, -0.1) is 5.11 Å². The Labute approximate surface area is 348 Å². The van der Waals surface area contributed by atoms with Gasteiger partial charge >= 0.3 is 59.1 Å². The van der Waals surface area contributed by atoms with Gasteiger partial charge in [0.25, 0.3) is 11.8 Å². The molecule has 0 atom stereocenters. The molecule has 0 fully saturated rings. The Morgan fingerprint density at radius 3 is 1.98 bits per heavy atom. The maximum atomic E-state index is 13.6. The van der Waals surface area contributed by atoms with Gasteiger partial charge in [0.2, 0.25) is 0 Å². The van der Waals surface area contributed by atoms with E-state index in [0.717, 1.165) is 28.6 Å². The number of nitrogens with one attached hydrogen (secondary N) is 1. The molecule has 0 radical (unpaired) electrons. The van der Waals surface area contributed by atoms with Crippen molar-refractivity contribution in [2.24, 2.45) is 10.2 Å². The molecule has 0 aliphatic heterocycles. The summed E-state index contributed by atoms with van der Waals surface area (Å²) in [6.07, 6.45) is 0. The molecule has 13 nitrogen and oxygen atoms in total. The molecule has 2 N–H and O–H groups in total. The van der Waals surface area contributed by atoms with Crippen LogP contribution in [-0.4, -0.2) is 49.4 Å². The number of carbonyl (C=O) groups excluding carboxylic acids is 2. The number of phenolic OH excluding ortho intramolecular Hbond substituents is 1. The third kappa shape index (κ3) is 8.87. The number of amides is 2. The summed E-state index contributed by atoms with van der Waals surface area (Å²) in [5.41, 5.74) is 0.193. The van der Waals surface area contributed by atoms with Crippen LogP contribution in [0.15, 0.2) is 135 Å². The Balaban J connectivity index is 0.00000314. The number of phenols is 1. The topological polar surface area (TPSA) is 209 Å². The second-order valence-electron chi connectivity index (χ2n) is 11.1. The molecule has 0 aromatic heterocycles. The quantitative estimate of drug-likeness (QED) is 0.121. The van der Waals surface area contributed by atoms with Crippen molar-refractivity contribution in [3.8, 4) is 5.75 Å². The largest absolute Gasteiger partial charge is 1.00 e. The summed E-state index contributed by atoms with van der Waals surface area (Å²) in [5, 5.41) is 22.4. The van der Waals surface area contributed by atoms with E-state index in [9.17, 15) is 40.6 Å². The van der Waals surface area contributed by atoms with Gasteiger partial charge in [-0.25, -0.2) is 16.8 Å². The van der Waals surface area contributed by atoms with Crippen LogP contribution < -0.4 is 69.3 Å². The van der Waals surface area contributed by atoms with Crippen molar-refractivity contribution in [3.63, 3.8) is 0 Å². The van der Waals surface area contributed by atoms with Crippen LogP contribution in [0, 0.1) is 0 Å². The van der Waals surface area contributed by atoms with Gasteiger partial charge in [-0.3, -0.25) is 9.59 Å². The zero-order valence-corrected chi connectivity index (χ0v) is 34.2. The van der Waals surface area contributed by atoms with Crippen molar-refractivity contribution >= 4 is 76.3 Å². The molecule has 0 aliphatic carbocycles. The Morgan fingerprint density at radius 1 is 0.717 bits per heavy atom. The Morgan fingerprint density at radius 2 is 1.34 bits per heavy atom. The summed E-state index contributed by atoms with van der Waals surface area (Å²) < 4.78 is 73.5. The molecule has 0 bridgehead atoms. The maximum Gasteiger partial charge on any atom is 1.00 e. The first-order valence-electron chi connectivity index (χ1n) is 15.2. The van der Waals surface area contributed by atoms with E-state index in [4.69, 9.17) is 0 Å². The Kier molecular flexibility index (Phi) is 13.4. The van der Waals surface area contributed by atoms with E-state index >= 15 is 0 Å². The third-order valence-electron chi connectivity index (χ3n) is 8.00. The number of anilines is 2. The summed E-state index contributed by atoms with van der Waals surface area (Å²) in [6.45, 7) is 2.21. The van der Waals surface area contributed by atoms with E-state index in [1.54, 1.807) is 23.1 Å². The molecule has 0 aliphatic rings. The van der Waals surface area contributed by atoms with Crippen LogP contribution in [0.1, 0.15) is 27.6 Å². The minimum atomic E-state index is -5.46. The van der Waals surface area contributed by atoms with Crippen LogP contribution in [0.2, 0.25) is 0 Å². The Hall–Kier alpha value is -4.00. The molecule has 2 amide bonds. The monoisotopic (exact) mass is 768 g/mol. The number of rotatable bonds is 9. The van der Waals surface area contributed by atoms with Crippen molar-refractivity contribution < 1.29 is 99.8 Å². The average molecular weight is 769 g/mol. The van der Waals surface area contributed by atoms with Crippen LogP contribution >= 0.6 is 0 Å². The van der Waals surface area contributed by atoms with Crippen LogP contribution in [0.3, 0.4) is 0 Å². The van der Waals surface area contributed by atoms with Gasteiger partial charge in [-0.05, 0) is 73.0 Å². The number of fused-ring (bicyclic) bond motifs is 2. The smallest absolute Gasteiger partial charge is 0.744 e. The number of benzene rings is 6. The van der Waals surface area contributed by atoms with Gasteiger partial charge in [-0.1, -0.05) is 54.6 Å². The van der Waals surface area contributed by atoms with E-state index in [1.165, 1.54) is 36.4 Å². The molecule has 53 heavy (non-hydrogen) atoms. The number of carbonyl (C=O) groups is 2. The van der Waals surface area contributed by atoms with E-state index in [0.29, 0.717) is 18.2 Å². The molecule has 6 aromatic rings. The molecule has 17 heteroatoms. The standard InChI is InChI=1S/C36H28N4O9S2.2Na/c1-2-40(29-14-8-12-22-9-6-7-13-26(22)29)36(43)24-15-17-25(18-16-24)38-39-33-31(51(47,48)49)21-27-30(50(44,45)46)20-19-28(32(27)34(33)41)37-35(42)23-10-4-3-5-11-23;;/h3-21,41H,2H2,1H3,(H,37,42)(H,44,45,46)(H,47,48,49);;/q;2*+1/p-2. The molecule has 0 heterocycles. The molecule has 0 unspecified atom stereocenters. The summed E-state index contributed by atoms with van der Waals surface area (Å²) in [4.78, 5) is 26.0. The van der Waals surface area contributed by atoms with Crippen LogP contribution in [0.5, 0.6) is 5.75 Å². The van der Waals surface area contributed by atoms with Crippen LogP contribution in [0.25, 0.3) is 21.5 Å². The molecule has 6 aromatic carbocycles. The van der Waals surface area contributed by atoms with E-state index in [-0.39, 0.29) is 82.0 Å². The molecule has 258 valence electrons. The van der Waals surface area contributed by atoms with Crippen molar-refractivity contribution in [2.45, 2.75) is 16.7 Å². The minimum Gasteiger partial charge on any atom is -0.744 e. The van der Waals surface area contributed by atoms with Crippen LogP contribution in [0.4, 0.5) is 22.7 Å². The summed E-state index contributed by atoms with van der Waals surface area (Å²) in [6, 6.07) is 29.3. The predicted molar refractivity (Wildman–Crippen MR) is 188 cm³/mol. The zero-order valence-electron chi connectivity index (χ0n) is 28.5. The second-order valence-corrected chi connectivity index (χ2v) is 13.8. The first-order valence-corrected chi connectivity index (χ1v) is 18.0. The normalized spacial score (nSPS) is 11.5. The molecule has 0 spiro atoms. The number of aromatic hydroxyl groups is 1. The summed E-state index contributed by atoms with van der Waals surface area (Å²) in [5.74, 6) is -2.03. The van der Waals surface area contributed by atoms with Crippen LogP contribution in [-0.2, 0) is 20.2 Å². The molecule has 0 saturated heterocycles. The number of hydrogen-bond donors (Lipinski definition) is 2. The first-order chi connectivity index (χ1) is 24.3. The number of azo groups is 1.